The van der Waals surface area contributed by atoms with E-state index < -0.39 is 12.1 Å². The Morgan fingerprint density at radius 2 is 1.82 bits per heavy atom. The molecule has 0 fully saturated rings. The van der Waals surface area contributed by atoms with Gasteiger partial charge in [-0.15, -0.1) is 11.3 Å². The van der Waals surface area contributed by atoms with Gasteiger partial charge in [-0.2, -0.15) is 18.2 Å². The van der Waals surface area contributed by atoms with Crippen molar-refractivity contribution in [3.63, 3.8) is 0 Å². The molecule has 0 radical (unpaired) electrons. The number of fused-ring (bicyclic) bond motifs is 6. The topological polar surface area (TPSA) is 116 Å². The summed E-state index contributed by atoms with van der Waals surface area (Å²) in [6.45, 7) is 0. The standard InChI is InChI=1S/C24H20ClN5OS.C2HF3O2/c25-20-14-26-24-28-17-4-1-3-15(11-17)6-7-16-12-18(27-23(20)30-24)8-9-21(16)29-22(31)13-19-5-2-10-32-19;3-2(4,5)1(6)7/h1-5,8-12,14H,6-7,13H2,(H,29,31)(H2,26,27,28,30);(H,6,7). The summed E-state index contributed by atoms with van der Waals surface area (Å²) in [5.74, 6) is -1.81. The van der Waals surface area contributed by atoms with Crippen molar-refractivity contribution in [3.05, 3.63) is 87.2 Å². The summed E-state index contributed by atoms with van der Waals surface area (Å²) in [5, 5.41) is 19.1. The molecule has 0 saturated carbocycles. The normalized spacial score (nSPS) is 12.2. The van der Waals surface area contributed by atoms with Crippen molar-refractivity contribution in [2.45, 2.75) is 25.4 Å². The largest absolute Gasteiger partial charge is 0.490 e. The summed E-state index contributed by atoms with van der Waals surface area (Å²) in [6.07, 6.45) is -1.55. The van der Waals surface area contributed by atoms with E-state index in [0.717, 1.165) is 40.3 Å². The van der Waals surface area contributed by atoms with E-state index in [1.54, 1.807) is 17.5 Å². The van der Waals surface area contributed by atoms with E-state index in [-0.39, 0.29) is 5.91 Å². The number of aliphatic carboxylic acids is 1. The molecule has 8 nitrogen and oxygen atoms in total. The fourth-order valence-electron chi connectivity index (χ4n) is 3.63. The van der Waals surface area contributed by atoms with Gasteiger partial charge in [-0.25, -0.2) is 9.78 Å². The Hall–Kier alpha value is -4.16. The molecule has 1 aliphatic heterocycles. The minimum atomic E-state index is -5.08. The number of nitrogens with one attached hydrogen (secondary N) is 3. The van der Waals surface area contributed by atoms with Crippen LogP contribution >= 0.6 is 22.9 Å². The van der Waals surface area contributed by atoms with Gasteiger partial charge < -0.3 is 21.1 Å². The van der Waals surface area contributed by atoms with Crippen molar-refractivity contribution in [2.24, 2.45) is 0 Å². The first kappa shape index (κ1) is 27.9. The average Bonchev–Trinajstić information content (AvgIpc) is 3.38. The molecule has 0 atom stereocenters. The summed E-state index contributed by atoms with van der Waals surface area (Å²) >= 11 is 7.91. The van der Waals surface area contributed by atoms with Gasteiger partial charge in [-0.1, -0.05) is 29.8 Å². The third-order valence-electron chi connectivity index (χ3n) is 5.41. The number of carboxylic acid groups (broad SMARTS) is 1. The minimum absolute atomic E-state index is 0.0259. The Kier molecular flexibility index (Phi) is 8.67. The number of nitrogens with zero attached hydrogens (tertiary/aromatic N) is 2. The second-order valence-corrected chi connectivity index (χ2v) is 9.76. The third kappa shape index (κ3) is 7.91. The highest BCUT2D eigenvalue weighted by molar-refractivity contribution is 7.10. The van der Waals surface area contributed by atoms with E-state index in [0.29, 0.717) is 23.2 Å². The molecule has 6 bridgehead atoms. The number of aromatic nitrogens is 2. The zero-order valence-corrected chi connectivity index (χ0v) is 21.6. The van der Waals surface area contributed by atoms with Crippen LogP contribution in [0.3, 0.4) is 0 Å². The molecule has 202 valence electrons. The molecule has 13 heteroatoms. The maximum Gasteiger partial charge on any atom is 0.490 e. The van der Waals surface area contributed by atoms with E-state index in [9.17, 15) is 18.0 Å². The maximum atomic E-state index is 12.6. The van der Waals surface area contributed by atoms with Crippen LogP contribution in [-0.2, 0) is 28.9 Å². The Labute approximate surface area is 229 Å². The van der Waals surface area contributed by atoms with Crippen LogP contribution in [0, 0.1) is 0 Å². The lowest BCUT2D eigenvalue weighted by atomic mass is 10.0. The Morgan fingerprint density at radius 1 is 1.05 bits per heavy atom. The molecule has 0 spiro atoms. The lowest BCUT2D eigenvalue weighted by molar-refractivity contribution is -0.192. The van der Waals surface area contributed by atoms with Gasteiger partial charge >= 0.3 is 12.1 Å². The predicted molar refractivity (Wildman–Crippen MR) is 144 cm³/mol. The number of thiophene rings is 1. The molecule has 1 amide bonds. The van der Waals surface area contributed by atoms with Crippen molar-refractivity contribution >= 4 is 63.6 Å². The van der Waals surface area contributed by atoms with Gasteiger partial charge in [0.2, 0.25) is 11.9 Å². The number of halogens is 4. The van der Waals surface area contributed by atoms with E-state index in [2.05, 4.69) is 38.1 Å². The zero-order valence-electron chi connectivity index (χ0n) is 20.1. The monoisotopic (exact) mass is 575 g/mol. The van der Waals surface area contributed by atoms with Crippen molar-refractivity contribution in [3.8, 4) is 0 Å². The lowest BCUT2D eigenvalue weighted by Crippen LogP contribution is -2.21. The van der Waals surface area contributed by atoms with Crippen LogP contribution in [0.15, 0.2) is 66.2 Å². The third-order valence-corrected chi connectivity index (χ3v) is 6.56. The molecule has 4 aromatic rings. The Balaban J connectivity index is 0.000000448. The maximum absolute atomic E-state index is 12.6. The highest BCUT2D eigenvalue weighted by atomic mass is 35.5. The van der Waals surface area contributed by atoms with E-state index in [1.165, 1.54) is 5.56 Å². The van der Waals surface area contributed by atoms with Crippen LogP contribution in [0.2, 0.25) is 5.02 Å². The van der Waals surface area contributed by atoms with Gasteiger partial charge in [-0.05, 0) is 65.7 Å². The molecule has 0 unspecified atom stereocenters. The molecule has 3 heterocycles. The van der Waals surface area contributed by atoms with E-state index >= 15 is 0 Å². The fourth-order valence-corrected chi connectivity index (χ4v) is 4.47. The van der Waals surface area contributed by atoms with Gasteiger partial charge in [0.1, 0.15) is 5.02 Å². The minimum Gasteiger partial charge on any atom is -0.475 e. The molecule has 4 N–H and O–H groups in total. The number of carbonyl (C=O) groups is 2. The Morgan fingerprint density at radius 3 is 2.54 bits per heavy atom. The number of hydrogen-bond donors (Lipinski definition) is 4. The van der Waals surface area contributed by atoms with Crippen molar-refractivity contribution in [2.75, 3.05) is 16.0 Å². The van der Waals surface area contributed by atoms with Gasteiger partial charge in [0, 0.05) is 21.9 Å². The molecular formula is C26H21ClF3N5O3S. The first-order chi connectivity index (χ1) is 18.6. The second-order valence-electron chi connectivity index (χ2n) is 8.32. The summed E-state index contributed by atoms with van der Waals surface area (Å²) in [7, 11) is 0. The summed E-state index contributed by atoms with van der Waals surface area (Å²) < 4.78 is 31.7. The van der Waals surface area contributed by atoms with Gasteiger partial charge in [-0.3, -0.25) is 4.79 Å². The molecule has 1 aliphatic rings. The summed E-state index contributed by atoms with van der Waals surface area (Å²) in [5.41, 5.74) is 4.78. The van der Waals surface area contributed by atoms with Crippen molar-refractivity contribution < 1.29 is 27.9 Å². The number of benzene rings is 2. The Bertz CT molecular complexity index is 1480. The molecule has 2 aromatic heterocycles. The van der Waals surface area contributed by atoms with Crippen LogP contribution < -0.4 is 16.0 Å². The predicted octanol–water partition coefficient (Wildman–Crippen LogP) is 6.59. The number of aryl methyl sites for hydroxylation is 2. The number of carboxylic acids is 1. The summed E-state index contributed by atoms with van der Waals surface area (Å²) in [4.78, 5) is 31.4. The molecular weight excluding hydrogens is 555 g/mol. The number of amides is 1. The number of alkyl halides is 3. The second kappa shape index (κ2) is 12.1. The number of anilines is 5. The van der Waals surface area contributed by atoms with Crippen LogP contribution in [-0.4, -0.2) is 33.1 Å². The van der Waals surface area contributed by atoms with Gasteiger partial charge in [0.05, 0.1) is 12.6 Å². The van der Waals surface area contributed by atoms with E-state index in [1.807, 2.05) is 47.8 Å². The van der Waals surface area contributed by atoms with Crippen molar-refractivity contribution in [1.82, 2.24) is 9.97 Å². The number of carbonyl (C=O) groups excluding carboxylic acids is 1. The smallest absolute Gasteiger partial charge is 0.475 e. The molecule has 5 rings (SSSR count). The molecule has 2 aromatic carbocycles. The SMILES string of the molecule is O=C(Cc1cccs1)Nc1ccc2cc1CCc1cccc(c1)Nc1ncc(Cl)c(n1)N2.O=C(O)C(F)(F)F. The van der Waals surface area contributed by atoms with Crippen LogP contribution in [0.4, 0.5) is 42.0 Å². The first-order valence-corrected chi connectivity index (χ1v) is 12.7. The van der Waals surface area contributed by atoms with Crippen LogP contribution in [0.25, 0.3) is 0 Å². The van der Waals surface area contributed by atoms with Crippen molar-refractivity contribution in [1.29, 1.82) is 0 Å². The van der Waals surface area contributed by atoms with Crippen LogP contribution in [0.1, 0.15) is 16.0 Å². The van der Waals surface area contributed by atoms with E-state index in [4.69, 9.17) is 21.5 Å². The highest BCUT2D eigenvalue weighted by Crippen LogP contribution is 2.29. The zero-order chi connectivity index (χ0) is 28.0. The molecule has 39 heavy (non-hydrogen) atoms. The quantitative estimate of drug-likeness (QED) is 0.218. The highest BCUT2D eigenvalue weighted by Gasteiger charge is 2.38. The average molecular weight is 576 g/mol. The van der Waals surface area contributed by atoms with Crippen LogP contribution in [0.5, 0.6) is 0 Å². The first-order valence-electron chi connectivity index (χ1n) is 11.5. The van der Waals surface area contributed by atoms with Gasteiger partial charge in [0.15, 0.2) is 5.82 Å². The van der Waals surface area contributed by atoms with Gasteiger partial charge in [0.25, 0.3) is 0 Å². The summed E-state index contributed by atoms with van der Waals surface area (Å²) in [6, 6.07) is 18.0. The molecule has 0 aliphatic carbocycles. The number of hydrogen-bond acceptors (Lipinski definition) is 7. The lowest BCUT2D eigenvalue weighted by Gasteiger charge is -2.14. The molecule has 0 saturated heterocycles. The number of rotatable bonds is 3. The fraction of sp³-hybridized carbons (Fsp3) is 0.154.